The van der Waals surface area contributed by atoms with E-state index in [-0.39, 0.29) is 6.42 Å². The molecule has 0 spiro atoms. The Labute approximate surface area is 55.5 Å². The molecule has 0 aromatic heterocycles. The van der Waals surface area contributed by atoms with Gasteiger partial charge in [-0.1, -0.05) is 6.92 Å². The number of hydrogen-bond donors (Lipinski definition) is 0. The van der Waals surface area contributed by atoms with Gasteiger partial charge in [0.2, 0.25) is 0 Å². The second-order valence-corrected chi connectivity index (χ2v) is 1.60. The van der Waals surface area contributed by atoms with Crippen LogP contribution in [0.1, 0.15) is 13.3 Å². The molecule has 0 rings (SSSR count). The Morgan fingerprint density at radius 1 is 2.00 bits per heavy atom. The summed E-state index contributed by atoms with van der Waals surface area (Å²) in [6, 6.07) is 0. The minimum Gasteiger partial charge on any atom is -0.381 e. The van der Waals surface area contributed by atoms with E-state index >= 15 is 0 Å². The highest BCUT2D eigenvalue weighted by Crippen LogP contribution is 2.01. The van der Waals surface area contributed by atoms with E-state index in [2.05, 4.69) is 20.1 Å². The molecule has 0 aromatic rings. The van der Waals surface area contributed by atoms with Crippen LogP contribution in [0, 0.1) is 0 Å². The highest BCUT2D eigenvalue weighted by atomic mass is 79.9. The molecule has 0 aromatic carbocycles. The van der Waals surface area contributed by atoms with Crippen LogP contribution < -0.4 is 0 Å². The second-order valence-electron chi connectivity index (χ2n) is 1.27. The molecule has 1 atom stereocenters. The van der Waals surface area contributed by atoms with Crippen molar-refractivity contribution < 1.29 is 13.0 Å². The van der Waals surface area contributed by atoms with Crippen molar-refractivity contribution >= 4 is 22.2 Å². The molecule has 0 aliphatic carbocycles. The van der Waals surface area contributed by atoms with Gasteiger partial charge >= 0.3 is 5.97 Å². The number of alkyl halides is 1. The van der Waals surface area contributed by atoms with Crippen LogP contribution >= 0.6 is 16.3 Å². The van der Waals surface area contributed by atoms with Crippen molar-refractivity contribution in [2.75, 3.05) is 0 Å². The number of carbonyl (C=O) groups excluding carboxylic acids is 1. The molecule has 0 aliphatic heterocycles. The van der Waals surface area contributed by atoms with Crippen LogP contribution in [0.3, 0.4) is 0 Å². The van der Waals surface area contributed by atoms with E-state index in [9.17, 15) is 9.18 Å². The van der Waals surface area contributed by atoms with Crippen molar-refractivity contribution in [1.29, 1.82) is 0 Å². The van der Waals surface area contributed by atoms with Crippen LogP contribution in [0.4, 0.5) is 4.39 Å². The summed E-state index contributed by atoms with van der Waals surface area (Å²) in [6.07, 6.45) is -1.33. The lowest BCUT2D eigenvalue weighted by Gasteiger charge is -1.96. The minimum absolute atomic E-state index is 0.157. The zero-order valence-corrected chi connectivity index (χ0v) is 5.94. The molecular formula is C4H6BrFO2. The summed E-state index contributed by atoms with van der Waals surface area (Å²) in [4.78, 5) is 10.1. The largest absolute Gasteiger partial charge is 0.381 e. The maximum atomic E-state index is 12.0. The van der Waals surface area contributed by atoms with Gasteiger partial charge in [-0.05, 0) is 6.42 Å². The first-order valence-corrected chi connectivity index (χ1v) is 2.83. The third kappa shape index (κ3) is 2.26. The third-order valence-corrected chi connectivity index (χ3v) is 1.01. The summed E-state index contributed by atoms with van der Waals surface area (Å²) in [7, 11) is 0. The molecule has 2 nitrogen and oxygen atoms in total. The number of hydrogen-bond acceptors (Lipinski definition) is 2. The number of carbonyl (C=O) groups is 1. The first-order chi connectivity index (χ1) is 3.72. The molecule has 0 heterocycles. The Hall–Kier alpha value is -0.120. The molecule has 8 heavy (non-hydrogen) atoms. The Kier molecular flexibility index (Phi) is 3.77. The van der Waals surface area contributed by atoms with E-state index in [1.54, 1.807) is 6.92 Å². The van der Waals surface area contributed by atoms with Gasteiger partial charge in [-0.25, -0.2) is 9.18 Å². The van der Waals surface area contributed by atoms with Crippen LogP contribution in [0.5, 0.6) is 0 Å². The van der Waals surface area contributed by atoms with E-state index in [4.69, 9.17) is 0 Å². The Morgan fingerprint density at radius 3 is 2.62 bits per heavy atom. The van der Waals surface area contributed by atoms with E-state index in [0.29, 0.717) is 0 Å². The van der Waals surface area contributed by atoms with E-state index < -0.39 is 12.1 Å². The molecule has 48 valence electrons. The summed E-state index contributed by atoms with van der Waals surface area (Å²) >= 11 is 2.37. The predicted molar refractivity (Wildman–Crippen MR) is 30.2 cm³/mol. The van der Waals surface area contributed by atoms with Crippen molar-refractivity contribution in [2.45, 2.75) is 19.5 Å². The minimum atomic E-state index is -1.49. The first-order valence-electron chi connectivity index (χ1n) is 2.18. The highest BCUT2D eigenvalue weighted by molar-refractivity contribution is 9.06. The molecule has 0 radical (unpaired) electrons. The highest BCUT2D eigenvalue weighted by Gasteiger charge is 2.14. The zero-order chi connectivity index (χ0) is 6.57. The molecule has 0 saturated carbocycles. The standard InChI is InChI=1S/C4H6BrFO2/c1-2-3(6)4(7)8-5/h3H,2H2,1H3. The predicted octanol–water partition coefficient (Wildman–Crippen LogP) is 1.59. The van der Waals surface area contributed by atoms with Crippen LogP contribution in [-0.2, 0) is 8.62 Å². The van der Waals surface area contributed by atoms with Gasteiger partial charge < -0.3 is 3.83 Å². The molecule has 0 bridgehead atoms. The summed E-state index contributed by atoms with van der Waals surface area (Å²) in [5, 5.41) is 0. The van der Waals surface area contributed by atoms with E-state index in [0.717, 1.165) is 0 Å². The molecular weight excluding hydrogens is 179 g/mol. The average Bonchev–Trinajstić information content (AvgIpc) is 1.84. The van der Waals surface area contributed by atoms with Gasteiger partial charge in [0, 0.05) is 0 Å². The summed E-state index contributed by atoms with van der Waals surface area (Å²) in [5.74, 6) is -0.868. The summed E-state index contributed by atoms with van der Waals surface area (Å²) in [5.41, 5.74) is 0. The topological polar surface area (TPSA) is 26.3 Å². The third-order valence-electron chi connectivity index (χ3n) is 0.690. The lowest BCUT2D eigenvalue weighted by Crippen LogP contribution is -2.13. The molecule has 0 amide bonds. The van der Waals surface area contributed by atoms with Gasteiger partial charge in [0.25, 0.3) is 0 Å². The lowest BCUT2D eigenvalue weighted by molar-refractivity contribution is -0.137. The van der Waals surface area contributed by atoms with Gasteiger partial charge in [-0.15, -0.1) is 0 Å². The van der Waals surface area contributed by atoms with Crippen molar-refractivity contribution in [1.82, 2.24) is 0 Å². The van der Waals surface area contributed by atoms with E-state index in [1.807, 2.05) is 0 Å². The van der Waals surface area contributed by atoms with Gasteiger partial charge in [0.05, 0.1) is 0 Å². The normalized spacial score (nSPS) is 12.9. The Balaban J connectivity index is 3.46. The molecule has 0 aliphatic rings. The van der Waals surface area contributed by atoms with Crippen LogP contribution in [-0.4, -0.2) is 12.1 Å². The fourth-order valence-electron chi connectivity index (χ4n) is 0.215. The quantitative estimate of drug-likeness (QED) is 0.652. The van der Waals surface area contributed by atoms with Crippen LogP contribution in [0.25, 0.3) is 0 Å². The SMILES string of the molecule is CCC(F)C(=O)OBr. The van der Waals surface area contributed by atoms with Gasteiger partial charge in [0.1, 0.15) is 0 Å². The molecule has 1 unspecified atom stereocenters. The fraction of sp³-hybridized carbons (Fsp3) is 0.750. The Bertz CT molecular complexity index is 86.1. The van der Waals surface area contributed by atoms with Gasteiger partial charge in [-0.3, -0.25) is 0 Å². The van der Waals surface area contributed by atoms with E-state index in [1.165, 1.54) is 0 Å². The van der Waals surface area contributed by atoms with Crippen molar-refractivity contribution in [3.05, 3.63) is 0 Å². The maximum absolute atomic E-state index is 12.0. The van der Waals surface area contributed by atoms with Crippen molar-refractivity contribution in [3.63, 3.8) is 0 Å². The molecule has 0 N–H and O–H groups in total. The first kappa shape index (κ1) is 7.88. The second kappa shape index (κ2) is 3.83. The lowest BCUT2D eigenvalue weighted by atomic mass is 10.3. The van der Waals surface area contributed by atoms with Gasteiger partial charge in [-0.2, -0.15) is 0 Å². The average molecular weight is 185 g/mol. The molecule has 0 fully saturated rings. The zero-order valence-electron chi connectivity index (χ0n) is 4.36. The molecule has 4 heteroatoms. The van der Waals surface area contributed by atoms with Crippen molar-refractivity contribution in [2.24, 2.45) is 0 Å². The summed E-state index contributed by atoms with van der Waals surface area (Å²) < 4.78 is 15.9. The number of halogens is 2. The molecule has 0 saturated heterocycles. The monoisotopic (exact) mass is 184 g/mol. The van der Waals surface area contributed by atoms with Crippen LogP contribution in [0.2, 0.25) is 0 Å². The van der Waals surface area contributed by atoms with Crippen molar-refractivity contribution in [3.8, 4) is 0 Å². The number of rotatable bonds is 2. The fourth-order valence-corrected chi connectivity index (χ4v) is 0.418. The van der Waals surface area contributed by atoms with Gasteiger partial charge in [0.15, 0.2) is 22.4 Å². The van der Waals surface area contributed by atoms with Crippen LogP contribution in [0.15, 0.2) is 0 Å². The smallest absolute Gasteiger partial charge is 0.352 e. The maximum Gasteiger partial charge on any atom is 0.352 e. The summed E-state index contributed by atoms with van der Waals surface area (Å²) in [6.45, 7) is 1.56. The Morgan fingerprint density at radius 2 is 2.50 bits per heavy atom.